The maximum atomic E-state index is 13.2. The zero-order valence-electron chi connectivity index (χ0n) is 17.0. The maximum Gasteiger partial charge on any atom is 0.255 e. The molecule has 0 atom stereocenters. The number of thioether (sulfide) groups is 1. The van der Waals surface area contributed by atoms with Gasteiger partial charge in [0, 0.05) is 10.9 Å². The van der Waals surface area contributed by atoms with E-state index in [2.05, 4.69) is 10.5 Å². The molecule has 30 heavy (non-hydrogen) atoms. The molecule has 3 rings (SSSR count). The lowest BCUT2D eigenvalue weighted by Gasteiger charge is -2.32. The Balaban J connectivity index is 1.70. The fourth-order valence-electron chi connectivity index (χ4n) is 3.55. The molecule has 160 valence electrons. The first-order valence-electron chi connectivity index (χ1n) is 10.0. The van der Waals surface area contributed by atoms with Crippen LogP contribution in [0.15, 0.2) is 69.5 Å². The van der Waals surface area contributed by atoms with Gasteiger partial charge < -0.3 is 0 Å². The fourth-order valence-corrected chi connectivity index (χ4v) is 5.62. The number of benzene rings is 2. The monoisotopic (exact) mass is 445 g/mol. The number of carbonyl (C=O) groups excluding carboxylic acids is 1. The van der Waals surface area contributed by atoms with Gasteiger partial charge >= 0.3 is 0 Å². The normalized spacial score (nSPS) is 15.5. The molecule has 8 heteroatoms. The van der Waals surface area contributed by atoms with Crippen molar-refractivity contribution in [3.63, 3.8) is 0 Å². The quantitative estimate of drug-likeness (QED) is 0.380. The molecule has 2 aromatic rings. The van der Waals surface area contributed by atoms with Gasteiger partial charge in [-0.15, -0.1) is 11.8 Å². The van der Waals surface area contributed by atoms with Crippen LogP contribution in [0.25, 0.3) is 0 Å². The summed E-state index contributed by atoms with van der Waals surface area (Å²) >= 11 is 1.65. The van der Waals surface area contributed by atoms with E-state index in [1.165, 1.54) is 4.31 Å². The van der Waals surface area contributed by atoms with Crippen molar-refractivity contribution in [2.75, 3.05) is 12.8 Å². The number of hydrogen-bond acceptors (Lipinski definition) is 5. The summed E-state index contributed by atoms with van der Waals surface area (Å²) in [7, 11) is -3.76. The van der Waals surface area contributed by atoms with Gasteiger partial charge in [0.25, 0.3) is 5.91 Å². The van der Waals surface area contributed by atoms with Gasteiger partial charge in [-0.05, 0) is 48.9 Å². The predicted molar refractivity (Wildman–Crippen MR) is 121 cm³/mol. The number of nitrogens with one attached hydrogen (secondary N) is 1. The van der Waals surface area contributed by atoms with Crippen LogP contribution < -0.4 is 5.43 Å². The number of hydrazone groups is 1. The number of carbonyl (C=O) groups is 1. The fraction of sp³-hybridized carbons (Fsp3) is 0.364. The maximum absolute atomic E-state index is 13.2. The molecule has 0 bridgehead atoms. The zero-order chi connectivity index (χ0) is 21.4. The summed E-state index contributed by atoms with van der Waals surface area (Å²) in [5.74, 6) is -0.447. The third-order valence-electron chi connectivity index (χ3n) is 5.15. The predicted octanol–water partition coefficient (Wildman–Crippen LogP) is 3.88. The Kier molecular flexibility index (Phi) is 8.07. The SMILES string of the molecule is CSc1ccc(/C=N/NC(=O)CN(C2CCCCC2)S(=O)(=O)c2ccccc2)cc1. The summed E-state index contributed by atoms with van der Waals surface area (Å²) in [4.78, 5) is 13.9. The van der Waals surface area contributed by atoms with Crippen LogP contribution in [0.5, 0.6) is 0 Å². The first kappa shape index (κ1) is 22.5. The smallest absolute Gasteiger partial charge is 0.255 e. The third-order valence-corrected chi connectivity index (χ3v) is 7.81. The highest BCUT2D eigenvalue weighted by atomic mass is 32.2. The van der Waals surface area contributed by atoms with Crippen molar-refractivity contribution in [2.45, 2.75) is 47.9 Å². The zero-order valence-corrected chi connectivity index (χ0v) is 18.7. The molecule has 1 aliphatic rings. The van der Waals surface area contributed by atoms with Gasteiger partial charge in [-0.2, -0.15) is 9.41 Å². The van der Waals surface area contributed by atoms with Gasteiger partial charge in [0.1, 0.15) is 0 Å². The molecule has 1 aliphatic carbocycles. The molecule has 0 heterocycles. The second kappa shape index (κ2) is 10.7. The molecule has 0 aromatic heterocycles. The summed E-state index contributed by atoms with van der Waals surface area (Å²) in [6, 6.07) is 15.9. The lowest BCUT2D eigenvalue weighted by molar-refractivity contribution is -0.121. The van der Waals surface area contributed by atoms with E-state index in [1.807, 2.05) is 30.5 Å². The highest BCUT2D eigenvalue weighted by molar-refractivity contribution is 7.98. The van der Waals surface area contributed by atoms with Crippen molar-refractivity contribution in [1.82, 2.24) is 9.73 Å². The molecule has 6 nitrogen and oxygen atoms in total. The first-order valence-corrected chi connectivity index (χ1v) is 12.7. The van der Waals surface area contributed by atoms with Crippen LogP contribution in [0.1, 0.15) is 37.7 Å². The Morgan fingerprint density at radius 2 is 1.77 bits per heavy atom. The van der Waals surface area contributed by atoms with Crippen LogP contribution in [-0.2, 0) is 14.8 Å². The van der Waals surface area contributed by atoms with E-state index in [0.717, 1.165) is 42.6 Å². The molecular weight excluding hydrogens is 418 g/mol. The van der Waals surface area contributed by atoms with Crippen LogP contribution in [-0.4, -0.2) is 43.7 Å². The van der Waals surface area contributed by atoms with Gasteiger partial charge in [0.2, 0.25) is 10.0 Å². The number of sulfonamides is 1. The second-order valence-electron chi connectivity index (χ2n) is 7.22. The Morgan fingerprint density at radius 1 is 1.10 bits per heavy atom. The Hall–Kier alpha value is -2.16. The molecule has 1 saturated carbocycles. The van der Waals surface area contributed by atoms with Crippen LogP contribution in [0, 0.1) is 0 Å². The topological polar surface area (TPSA) is 78.8 Å². The van der Waals surface area contributed by atoms with Crippen LogP contribution in [0.2, 0.25) is 0 Å². The summed E-state index contributed by atoms with van der Waals surface area (Å²) in [6.45, 7) is -0.245. The molecule has 1 fully saturated rings. The molecule has 0 spiro atoms. The van der Waals surface area contributed by atoms with E-state index in [4.69, 9.17) is 0 Å². The standard InChI is InChI=1S/C22H27N3O3S2/c1-29-20-14-12-18(13-15-20)16-23-24-22(26)17-25(19-8-4-2-5-9-19)30(27,28)21-10-6-3-7-11-21/h3,6-7,10-16,19H,2,4-5,8-9,17H2,1H3,(H,24,26)/b23-16+. The summed E-state index contributed by atoms with van der Waals surface area (Å²) in [5, 5.41) is 4.00. The minimum Gasteiger partial charge on any atom is -0.272 e. The van der Waals surface area contributed by atoms with Crippen LogP contribution >= 0.6 is 11.8 Å². The molecule has 2 aromatic carbocycles. The average Bonchev–Trinajstić information content (AvgIpc) is 2.79. The molecule has 1 N–H and O–H groups in total. The molecule has 0 aliphatic heterocycles. The van der Waals surface area contributed by atoms with Gasteiger partial charge in [0.15, 0.2) is 0 Å². The van der Waals surface area contributed by atoms with E-state index in [9.17, 15) is 13.2 Å². The molecule has 0 radical (unpaired) electrons. The number of nitrogens with zero attached hydrogens (tertiary/aromatic N) is 2. The molecule has 1 amide bonds. The van der Waals surface area contributed by atoms with Crippen molar-refractivity contribution in [1.29, 1.82) is 0 Å². The number of rotatable bonds is 8. The number of amides is 1. The molecular formula is C22H27N3O3S2. The van der Waals surface area contributed by atoms with E-state index in [0.29, 0.717) is 0 Å². The van der Waals surface area contributed by atoms with Crippen molar-refractivity contribution in [3.05, 3.63) is 60.2 Å². The highest BCUT2D eigenvalue weighted by Crippen LogP contribution is 2.27. The van der Waals surface area contributed by atoms with Crippen molar-refractivity contribution in [3.8, 4) is 0 Å². The molecule has 0 saturated heterocycles. The lowest BCUT2D eigenvalue weighted by Crippen LogP contribution is -2.46. The van der Waals surface area contributed by atoms with E-state index in [1.54, 1.807) is 48.3 Å². The highest BCUT2D eigenvalue weighted by Gasteiger charge is 2.33. The van der Waals surface area contributed by atoms with Gasteiger partial charge in [-0.1, -0.05) is 49.6 Å². The van der Waals surface area contributed by atoms with E-state index >= 15 is 0 Å². The van der Waals surface area contributed by atoms with Gasteiger partial charge in [0.05, 0.1) is 17.7 Å². The van der Waals surface area contributed by atoms with Crippen molar-refractivity contribution < 1.29 is 13.2 Å². The lowest BCUT2D eigenvalue weighted by atomic mass is 9.95. The minimum absolute atomic E-state index is 0.169. The molecule has 0 unspecified atom stereocenters. The first-order chi connectivity index (χ1) is 14.5. The van der Waals surface area contributed by atoms with E-state index in [-0.39, 0.29) is 17.5 Å². The van der Waals surface area contributed by atoms with Crippen LogP contribution in [0.3, 0.4) is 0 Å². The Labute approximate surface area is 182 Å². The van der Waals surface area contributed by atoms with Gasteiger partial charge in [-0.25, -0.2) is 13.8 Å². The summed E-state index contributed by atoms with van der Waals surface area (Å²) in [5.41, 5.74) is 3.33. The third kappa shape index (κ3) is 5.93. The Morgan fingerprint density at radius 3 is 2.40 bits per heavy atom. The van der Waals surface area contributed by atoms with E-state index < -0.39 is 15.9 Å². The summed E-state index contributed by atoms with van der Waals surface area (Å²) < 4.78 is 27.8. The summed E-state index contributed by atoms with van der Waals surface area (Å²) in [6.07, 6.45) is 8.13. The van der Waals surface area contributed by atoms with Crippen LogP contribution in [0.4, 0.5) is 0 Å². The largest absolute Gasteiger partial charge is 0.272 e. The van der Waals surface area contributed by atoms with Crippen molar-refractivity contribution in [2.24, 2.45) is 5.10 Å². The average molecular weight is 446 g/mol. The minimum atomic E-state index is -3.76. The number of hydrogen-bond donors (Lipinski definition) is 1. The Bertz CT molecular complexity index is 955. The van der Waals surface area contributed by atoms with Gasteiger partial charge in [-0.3, -0.25) is 4.79 Å². The second-order valence-corrected chi connectivity index (χ2v) is 9.99. The van der Waals surface area contributed by atoms with Crippen molar-refractivity contribution >= 4 is 33.9 Å².